The topological polar surface area (TPSA) is 49.4 Å². The Morgan fingerprint density at radius 2 is 1.69 bits per heavy atom. The molecule has 1 aliphatic heterocycles. The van der Waals surface area contributed by atoms with Gasteiger partial charge in [-0.25, -0.2) is 0 Å². The summed E-state index contributed by atoms with van der Waals surface area (Å²) in [5, 5.41) is 5.22. The highest BCUT2D eigenvalue weighted by molar-refractivity contribution is 6.07. The molecule has 2 aromatic carbocycles. The van der Waals surface area contributed by atoms with Gasteiger partial charge in [-0.05, 0) is 42.5 Å². The zero-order chi connectivity index (χ0) is 18.5. The van der Waals surface area contributed by atoms with Gasteiger partial charge in [0.25, 0.3) is 5.91 Å². The number of benzene rings is 2. The first-order chi connectivity index (χ1) is 12.6. The van der Waals surface area contributed by atoms with Gasteiger partial charge in [-0.1, -0.05) is 50.2 Å². The van der Waals surface area contributed by atoms with E-state index in [9.17, 15) is 9.59 Å². The lowest BCUT2D eigenvalue weighted by atomic mass is 9.94. The predicted octanol–water partition coefficient (Wildman–Crippen LogP) is 4.00. The number of likely N-dealkylation sites (tertiary alicyclic amines) is 1. The second kappa shape index (κ2) is 8.35. The summed E-state index contributed by atoms with van der Waals surface area (Å²) < 4.78 is 0. The Kier molecular flexibility index (Phi) is 5.92. The summed E-state index contributed by atoms with van der Waals surface area (Å²) in [5.41, 5.74) is 0.753. The van der Waals surface area contributed by atoms with Crippen molar-refractivity contribution in [3.63, 3.8) is 0 Å². The zero-order valence-electron chi connectivity index (χ0n) is 15.7. The molecular formula is C22H28N2O2. The molecule has 2 amide bonds. The van der Waals surface area contributed by atoms with Gasteiger partial charge in [0, 0.05) is 30.6 Å². The molecule has 0 saturated carbocycles. The highest BCUT2D eigenvalue weighted by Gasteiger charge is 2.28. The lowest BCUT2D eigenvalue weighted by molar-refractivity contribution is -0.127. The van der Waals surface area contributed by atoms with E-state index in [-0.39, 0.29) is 23.8 Å². The van der Waals surface area contributed by atoms with E-state index in [0.29, 0.717) is 13.1 Å². The number of carbonyl (C=O) groups excluding carboxylic acids is 2. The SMILES string of the molecule is CCC(CC)NC(=O)C1CCN(C(=O)c2cccc3ccccc23)CC1. The standard InChI is InChI=1S/C22H28N2O2/c1-3-18(4-2)23-21(25)17-12-14-24(15-13-17)22(26)20-11-7-9-16-8-5-6-10-19(16)20/h5-11,17-18H,3-4,12-15H2,1-2H3,(H,23,25). The molecule has 1 aliphatic rings. The van der Waals surface area contributed by atoms with Gasteiger partial charge in [0.1, 0.15) is 0 Å². The number of nitrogens with zero attached hydrogens (tertiary/aromatic N) is 1. The molecule has 0 bridgehead atoms. The van der Waals surface area contributed by atoms with E-state index in [1.165, 1.54) is 0 Å². The van der Waals surface area contributed by atoms with Gasteiger partial charge in [0.05, 0.1) is 0 Å². The van der Waals surface area contributed by atoms with Crippen LogP contribution in [0.3, 0.4) is 0 Å². The van der Waals surface area contributed by atoms with Crippen molar-refractivity contribution in [2.45, 2.75) is 45.6 Å². The largest absolute Gasteiger partial charge is 0.353 e. The number of amides is 2. The molecule has 0 unspecified atom stereocenters. The van der Waals surface area contributed by atoms with Crippen LogP contribution in [0, 0.1) is 5.92 Å². The molecule has 1 N–H and O–H groups in total. The second-order valence-electron chi connectivity index (χ2n) is 7.12. The summed E-state index contributed by atoms with van der Waals surface area (Å²) >= 11 is 0. The molecule has 0 aliphatic carbocycles. The third kappa shape index (κ3) is 3.90. The molecule has 138 valence electrons. The second-order valence-corrected chi connectivity index (χ2v) is 7.12. The van der Waals surface area contributed by atoms with E-state index in [4.69, 9.17) is 0 Å². The van der Waals surface area contributed by atoms with Crippen LogP contribution in [0.2, 0.25) is 0 Å². The van der Waals surface area contributed by atoms with Crippen molar-refractivity contribution in [2.75, 3.05) is 13.1 Å². The van der Waals surface area contributed by atoms with Crippen molar-refractivity contribution < 1.29 is 9.59 Å². The molecule has 2 aromatic rings. The van der Waals surface area contributed by atoms with Crippen LogP contribution in [0.15, 0.2) is 42.5 Å². The van der Waals surface area contributed by atoms with Crippen LogP contribution in [-0.2, 0) is 4.79 Å². The van der Waals surface area contributed by atoms with E-state index < -0.39 is 0 Å². The smallest absolute Gasteiger partial charge is 0.254 e. The van der Waals surface area contributed by atoms with Crippen LogP contribution in [0.1, 0.15) is 49.9 Å². The van der Waals surface area contributed by atoms with Crippen LogP contribution in [0.5, 0.6) is 0 Å². The molecule has 1 saturated heterocycles. The number of fused-ring (bicyclic) bond motifs is 1. The van der Waals surface area contributed by atoms with Crippen LogP contribution in [0.4, 0.5) is 0 Å². The van der Waals surface area contributed by atoms with Crippen molar-refractivity contribution in [3.05, 3.63) is 48.0 Å². The summed E-state index contributed by atoms with van der Waals surface area (Å²) in [6.45, 7) is 5.48. The van der Waals surface area contributed by atoms with Crippen LogP contribution < -0.4 is 5.32 Å². The quantitative estimate of drug-likeness (QED) is 0.884. The highest BCUT2D eigenvalue weighted by Crippen LogP contribution is 2.24. The molecule has 0 atom stereocenters. The lowest BCUT2D eigenvalue weighted by Crippen LogP contribution is -2.45. The van der Waals surface area contributed by atoms with Crippen molar-refractivity contribution in [1.29, 1.82) is 0 Å². The molecule has 0 spiro atoms. The normalized spacial score (nSPS) is 15.4. The maximum absolute atomic E-state index is 13.0. The predicted molar refractivity (Wildman–Crippen MR) is 105 cm³/mol. The third-order valence-corrected chi connectivity index (χ3v) is 5.50. The Morgan fingerprint density at radius 3 is 2.38 bits per heavy atom. The maximum Gasteiger partial charge on any atom is 0.254 e. The van der Waals surface area contributed by atoms with Gasteiger partial charge in [0.2, 0.25) is 5.91 Å². The molecule has 26 heavy (non-hydrogen) atoms. The minimum absolute atomic E-state index is 0.0205. The van der Waals surface area contributed by atoms with Gasteiger partial charge < -0.3 is 10.2 Å². The van der Waals surface area contributed by atoms with E-state index in [2.05, 4.69) is 19.2 Å². The van der Waals surface area contributed by atoms with Crippen molar-refractivity contribution >= 4 is 22.6 Å². The van der Waals surface area contributed by atoms with E-state index in [0.717, 1.165) is 42.0 Å². The monoisotopic (exact) mass is 352 g/mol. The highest BCUT2D eigenvalue weighted by atomic mass is 16.2. The van der Waals surface area contributed by atoms with Gasteiger partial charge >= 0.3 is 0 Å². The molecule has 0 radical (unpaired) electrons. The summed E-state index contributed by atoms with van der Waals surface area (Å²) in [6.07, 6.45) is 3.40. The van der Waals surface area contributed by atoms with Gasteiger partial charge in [0.15, 0.2) is 0 Å². The number of carbonyl (C=O) groups is 2. The summed E-state index contributed by atoms with van der Waals surface area (Å²) in [6, 6.07) is 14.1. The summed E-state index contributed by atoms with van der Waals surface area (Å²) in [5.74, 6) is 0.240. The molecule has 1 heterocycles. The Labute approximate surface area is 155 Å². The Morgan fingerprint density at radius 1 is 1.04 bits per heavy atom. The summed E-state index contributed by atoms with van der Waals surface area (Å²) in [4.78, 5) is 27.3. The third-order valence-electron chi connectivity index (χ3n) is 5.50. The van der Waals surface area contributed by atoms with Crippen LogP contribution >= 0.6 is 0 Å². The Balaban J connectivity index is 1.64. The van der Waals surface area contributed by atoms with Crippen molar-refractivity contribution in [2.24, 2.45) is 5.92 Å². The first-order valence-corrected chi connectivity index (χ1v) is 9.71. The molecule has 4 nitrogen and oxygen atoms in total. The maximum atomic E-state index is 13.0. The lowest BCUT2D eigenvalue weighted by Gasteiger charge is -2.32. The number of nitrogens with one attached hydrogen (secondary N) is 1. The zero-order valence-corrected chi connectivity index (χ0v) is 15.7. The molecule has 0 aromatic heterocycles. The molecule has 4 heteroatoms. The van der Waals surface area contributed by atoms with Gasteiger partial charge in [-0.3, -0.25) is 9.59 Å². The average Bonchev–Trinajstić information content (AvgIpc) is 2.71. The van der Waals surface area contributed by atoms with Gasteiger partial charge in [-0.2, -0.15) is 0 Å². The minimum Gasteiger partial charge on any atom is -0.353 e. The van der Waals surface area contributed by atoms with Crippen LogP contribution in [-0.4, -0.2) is 35.8 Å². The number of rotatable bonds is 5. The van der Waals surface area contributed by atoms with E-state index in [1.54, 1.807) is 0 Å². The number of hydrogen-bond donors (Lipinski definition) is 1. The first-order valence-electron chi connectivity index (χ1n) is 9.71. The first kappa shape index (κ1) is 18.4. The fraction of sp³-hybridized carbons (Fsp3) is 0.455. The van der Waals surface area contributed by atoms with E-state index >= 15 is 0 Å². The number of hydrogen-bond acceptors (Lipinski definition) is 2. The number of piperidine rings is 1. The van der Waals surface area contributed by atoms with Crippen molar-refractivity contribution in [1.82, 2.24) is 10.2 Å². The van der Waals surface area contributed by atoms with E-state index in [1.807, 2.05) is 47.4 Å². The average molecular weight is 352 g/mol. The fourth-order valence-corrected chi connectivity index (χ4v) is 3.74. The molecule has 3 rings (SSSR count). The Bertz CT molecular complexity index is 769. The molecule has 1 fully saturated rings. The summed E-state index contributed by atoms with van der Waals surface area (Å²) in [7, 11) is 0. The Hall–Kier alpha value is -2.36. The fourth-order valence-electron chi connectivity index (χ4n) is 3.74. The van der Waals surface area contributed by atoms with Crippen LogP contribution in [0.25, 0.3) is 10.8 Å². The van der Waals surface area contributed by atoms with Crippen molar-refractivity contribution in [3.8, 4) is 0 Å². The molecular weight excluding hydrogens is 324 g/mol. The van der Waals surface area contributed by atoms with Gasteiger partial charge in [-0.15, -0.1) is 0 Å². The minimum atomic E-state index is 0.0205.